The minimum atomic E-state index is -3.59. The summed E-state index contributed by atoms with van der Waals surface area (Å²) in [6.07, 6.45) is 2.78. The molecule has 1 aliphatic rings. The lowest BCUT2D eigenvalue weighted by Crippen LogP contribution is -2.45. The molecule has 2 aromatic carbocycles. The molecular formula is C17H21N3O3S. The average molecular weight is 347 g/mol. The van der Waals surface area contributed by atoms with E-state index in [9.17, 15) is 13.2 Å². The molecule has 24 heavy (non-hydrogen) atoms. The lowest BCUT2D eigenvalue weighted by Gasteiger charge is -2.25. The number of benzene rings is 2. The van der Waals surface area contributed by atoms with Crippen LogP contribution in [0.3, 0.4) is 0 Å². The van der Waals surface area contributed by atoms with Crippen molar-refractivity contribution in [3.63, 3.8) is 0 Å². The predicted octanol–water partition coefficient (Wildman–Crippen LogP) is 2.10. The third-order valence-electron chi connectivity index (χ3n) is 4.13. The third kappa shape index (κ3) is 3.92. The fourth-order valence-electron chi connectivity index (χ4n) is 2.88. The molecule has 1 aliphatic heterocycles. The van der Waals surface area contributed by atoms with E-state index in [0.29, 0.717) is 18.8 Å². The number of rotatable bonds is 5. The quantitative estimate of drug-likeness (QED) is 0.869. The molecule has 0 aromatic heterocycles. The molecular weight excluding hydrogens is 326 g/mol. The molecule has 2 aromatic rings. The van der Waals surface area contributed by atoms with Gasteiger partial charge in [-0.05, 0) is 24.3 Å². The Morgan fingerprint density at radius 1 is 1.00 bits per heavy atom. The summed E-state index contributed by atoms with van der Waals surface area (Å²) in [6.45, 7) is 0.753. The van der Waals surface area contributed by atoms with E-state index in [0.717, 1.165) is 30.0 Å². The van der Waals surface area contributed by atoms with E-state index in [2.05, 4.69) is 10.0 Å². The van der Waals surface area contributed by atoms with Gasteiger partial charge in [-0.2, -0.15) is 17.4 Å². The molecule has 0 unspecified atom stereocenters. The second-order valence-electron chi connectivity index (χ2n) is 5.86. The zero-order valence-electron chi connectivity index (χ0n) is 13.4. The van der Waals surface area contributed by atoms with Crippen molar-refractivity contribution in [1.29, 1.82) is 0 Å². The van der Waals surface area contributed by atoms with Gasteiger partial charge in [0.1, 0.15) is 0 Å². The summed E-state index contributed by atoms with van der Waals surface area (Å²) in [5, 5.41) is 4.72. The van der Waals surface area contributed by atoms with E-state index >= 15 is 0 Å². The van der Waals surface area contributed by atoms with Crippen molar-refractivity contribution in [2.75, 3.05) is 25.0 Å². The van der Waals surface area contributed by atoms with Crippen LogP contribution in [0.1, 0.15) is 19.3 Å². The number of nitrogens with one attached hydrogen (secondary N) is 2. The van der Waals surface area contributed by atoms with Crippen LogP contribution in [0.4, 0.5) is 5.69 Å². The topological polar surface area (TPSA) is 78.5 Å². The Morgan fingerprint density at radius 3 is 2.50 bits per heavy atom. The first-order valence-electron chi connectivity index (χ1n) is 8.09. The smallest absolute Gasteiger partial charge is 0.279 e. The molecule has 2 N–H and O–H groups in total. The van der Waals surface area contributed by atoms with Crippen LogP contribution in [0.25, 0.3) is 10.8 Å². The summed E-state index contributed by atoms with van der Waals surface area (Å²) in [5.74, 6) is -0.382. The molecule has 128 valence electrons. The van der Waals surface area contributed by atoms with Crippen molar-refractivity contribution in [3.8, 4) is 0 Å². The summed E-state index contributed by atoms with van der Waals surface area (Å²) in [4.78, 5) is 12.1. The monoisotopic (exact) mass is 347 g/mol. The largest absolute Gasteiger partial charge is 0.324 e. The van der Waals surface area contributed by atoms with Gasteiger partial charge in [-0.3, -0.25) is 4.79 Å². The van der Waals surface area contributed by atoms with E-state index in [4.69, 9.17) is 0 Å². The Balaban J connectivity index is 1.63. The van der Waals surface area contributed by atoms with Gasteiger partial charge in [-0.15, -0.1) is 0 Å². The summed E-state index contributed by atoms with van der Waals surface area (Å²) in [5.41, 5.74) is 0.676. The molecule has 6 nitrogen and oxygen atoms in total. The SMILES string of the molecule is O=C(CNS(=O)(=O)N1CCCCC1)Nc1cccc2ccccc12. The van der Waals surface area contributed by atoms with Crippen LogP contribution in [-0.2, 0) is 15.0 Å². The summed E-state index contributed by atoms with van der Waals surface area (Å²) in [7, 11) is -3.59. The Kier molecular flexibility index (Phi) is 5.13. The Hall–Kier alpha value is -1.96. The molecule has 1 amide bonds. The number of amides is 1. The van der Waals surface area contributed by atoms with Gasteiger partial charge in [-0.25, -0.2) is 0 Å². The van der Waals surface area contributed by atoms with Gasteiger partial charge in [0.2, 0.25) is 5.91 Å². The maximum absolute atomic E-state index is 12.2. The number of carbonyl (C=O) groups excluding carboxylic acids is 1. The average Bonchev–Trinajstić information content (AvgIpc) is 2.61. The molecule has 1 saturated heterocycles. The van der Waals surface area contributed by atoms with Gasteiger partial charge in [0.05, 0.1) is 6.54 Å². The zero-order valence-corrected chi connectivity index (χ0v) is 14.2. The van der Waals surface area contributed by atoms with Crippen molar-refractivity contribution < 1.29 is 13.2 Å². The highest BCUT2D eigenvalue weighted by Crippen LogP contribution is 2.22. The van der Waals surface area contributed by atoms with Crippen LogP contribution in [0.5, 0.6) is 0 Å². The van der Waals surface area contributed by atoms with E-state index in [1.165, 1.54) is 4.31 Å². The fraction of sp³-hybridized carbons (Fsp3) is 0.353. The van der Waals surface area contributed by atoms with E-state index in [1.54, 1.807) is 6.07 Å². The zero-order chi connectivity index (χ0) is 17.0. The Bertz CT molecular complexity index is 825. The fourth-order valence-corrected chi connectivity index (χ4v) is 4.12. The first-order chi connectivity index (χ1) is 11.6. The minimum Gasteiger partial charge on any atom is -0.324 e. The highest BCUT2D eigenvalue weighted by molar-refractivity contribution is 7.87. The van der Waals surface area contributed by atoms with Crippen molar-refractivity contribution in [2.24, 2.45) is 0 Å². The molecule has 0 spiro atoms. The van der Waals surface area contributed by atoms with Crippen molar-refractivity contribution in [1.82, 2.24) is 9.03 Å². The lowest BCUT2D eigenvalue weighted by atomic mass is 10.1. The first kappa shape index (κ1) is 16.9. The molecule has 0 bridgehead atoms. The van der Waals surface area contributed by atoms with Crippen LogP contribution in [0.2, 0.25) is 0 Å². The predicted molar refractivity (Wildman–Crippen MR) is 94.9 cm³/mol. The standard InChI is InChI=1S/C17H21N3O3S/c21-17(13-18-24(22,23)20-11-4-1-5-12-20)19-16-10-6-8-14-7-2-3-9-15(14)16/h2-3,6-10,18H,1,4-5,11-13H2,(H,19,21). The van der Waals surface area contributed by atoms with Gasteiger partial charge in [0.15, 0.2) is 0 Å². The van der Waals surface area contributed by atoms with E-state index < -0.39 is 10.2 Å². The lowest BCUT2D eigenvalue weighted by molar-refractivity contribution is -0.115. The second-order valence-corrected chi connectivity index (χ2v) is 7.62. The molecule has 1 fully saturated rings. The molecule has 0 atom stereocenters. The molecule has 1 heterocycles. The van der Waals surface area contributed by atoms with E-state index in [-0.39, 0.29) is 12.5 Å². The number of anilines is 1. The van der Waals surface area contributed by atoms with Crippen molar-refractivity contribution in [3.05, 3.63) is 42.5 Å². The van der Waals surface area contributed by atoms with Crippen LogP contribution in [-0.4, -0.2) is 38.3 Å². The maximum atomic E-state index is 12.2. The van der Waals surface area contributed by atoms with E-state index in [1.807, 2.05) is 36.4 Å². The molecule has 0 radical (unpaired) electrons. The summed E-state index contributed by atoms with van der Waals surface area (Å²) in [6, 6.07) is 13.3. The second kappa shape index (κ2) is 7.29. The summed E-state index contributed by atoms with van der Waals surface area (Å²) < 4.78 is 28.2. The van der Waals surface area contributed by atoms with Gasteiger partial charge in [0, 0.05) is 24.2 Å². The number of fused-ring (bicyclic) bond motifs is 1. The number of piperidine rings is 1. The van der Waals surface area contributed by atoms with Crippen LogP contribution < -0.4 is 10.0 Å². The first-order valence-corrected chi connectivity index (χ1v) is 9.53. The van der Waals surface area contributed by atoms with Gasteiger partial charge in [0.25, 0.3) is 10.2 Å². The normalized spacial score (nSPS) is 16.2. The highest BCUT2D eigenvalue weighted by Gasteiger charge is 2.24. The van der Waals surface area contributed by atoms with Crippen molar-refractivity contribution >= 4 is 32.6 Å². The van der Waals surface area contributed by atoms with Gasteiger partial charge in [-0.1, -0.05) is 42.8 Å². The van der Waals surface area contributed by atoms with Crippen LogP contribution in [0.15, 0.2) is 42.5 Å². The van der Waals surface area contributed by atoms with Crippen molar-refractivity contribution in [2.45, 2.75) is 19.3 Å². The number of nitrogens with zero attached hydrogens (tertiary/aromatic N) is 1. The van der Waals surface area contributed by atoms with Crippen LogP contribution >= 0.6 is 0 Å². The van der Waals surface area contributed by atoms with Gasteiger partial charge < -0.3 is 5.32 Å². The third-order valence-corrected chi connectivity index (χ3v) is 5.69. The number of hydrogen-bond donors (Lipinski definition) is 2. The Morgan fingerprint density at radius 2 is 1.71 bits per heavy atom. The van der Waals surface area contributed by atoms with Crippen LogP contribution in [0, 0.1) is 0 Å². The van der Waals surface area contributed by atoms with Gasteiger partial charge >= 0.3 is 0 Å². The molecule has 0 aliphatic carbocycles. The number of carbonyl (C=O) groups is 1. The Labute approximate surface area is 142 Å². The summed E-state index contributed by atoms with van der Waals surface area (Å²) >= 11 is 0. The number of hydrogen-bond acceptors (Lipinski definition) is 3. The highest BCUT2D eigenvalue weighted by atomic mass is 32.2. The minimum absolute atomic E-state index is 0.276. The maximum Gasteiger partial charge on any atom is 0.279 e. The molecule has 7 heteroatoms. The molecule has 0 saturated carbocycles. The molecule has 3 rings (SSSR count).